The van der Waals surface area contributed by atoms with Crippen LogP contribution in [-0.2, 0) is 6.54 Å². The lowest BCUT2D eigenvalue weighted by Gasteiger charge is -2.34. The van der Waals surface area contributed by atoms with Crippen LogP contribution in [0.2, 0.25) is 0 Å². The van der Waals surface area contributed by atoms with Gasteiger partial charge in [-0.2, -0.15) is 0 Å². The number of methoxy groups -OCH3 is 1. The van der Waals surface area contributed by atoms with Crippen molar-refractivity contribution in [1.82, 2.24) is 29.9 Å². The van der Waals surface area contributed by atoms with E-state index in [4.69, 9.17) is 4.74 Å². The molecular formula is C28H38N6O3. The molecule has 198 valence electrons. The number of amides is 1. The molecule has 2 N–H and O–H groups in total. The first-order chi connectivity index (χ1) is 17.9. The zero-order valence-electron chi connectivity index (χ0n) is 22.5. The van der Waals surface area contributed by atoms with Crippen molar-refractivity contribution >= 4 is 5.91 Å². The van der Waals surface area contributed by atoms with Crippen LogP contribution in [-0.4, -0.2) is 82.0 Å². The van der Waals surface area contributed by atoms with Gasteiger partial charge in [-0.25, -0.2) is 0 Å². The molecule has 0 unspecified atom stereocenters. The standard InChI is InChI=1S/C28H38N6O3/c1-6-29-28(36)27-31-30-26(23-16-22(19(3)4)25(37-5)17-24(23)35)34(27)21-10-8-20(9-11-21)18-33-14-12-32(7-2)13-15-33/h8-11,16-17,19,35H,6-7,12-15,18H2,1-5H3,(H,29,36). The van der Waals surface area contributed by atoms with Gasteiger partial charge in [-0.1, -0.05) is 32.9 Å². The summed E-state index contributed by atoms with van der Waals surface area (Å²) >= 11 is 0. The summed E-state index contributed by atoms with van der Waals surface area (Å²) in [7, 11) is 1.58. The number of hydrogen-bond acceptors (Lipinski definition) is 7. The van der Waals surface area contributed by atoms with Crippen molar-refractivity contribution < 1.29 is 14.6 Å². The predicted octanol–water partition coefficient (Wildman–Crippen LogP) is 3.66. The molecule has 0 radical (unpaired) electrons. The van der Waals surface area contributed by atoms with Crippen molar-refractivity contribution in [3.05, 3.63) is 53.3 Å². The monoisotopic (exact) mass is 506 g/mol. The number of hydrogen-bond donors (Lipinski definition) is 2. The van der Waals surface area contributed by atoms with E-state index in [1.807, 2.05) is 25.1 Å². The van der Waals surface area contributed by atoms with E-state index in [1.165, 1.54) is 5.56 Å². The summed E-state index contributed by atoms with van der Waals surface area (Å²) in [5.74, 6) is 1.02. The average molecular weight is 507 g/mol. The number of nitrogens with one attached hydrogen (secondary N) is 1. The molecule has 9 nitrogen and oxygen atoms in total. The third-order valence-corrected chi connectivity index (χ3v) is 6.93. The van der Waals surface area contributed by atoms with Crippen LogP contribution in [0.1, 0.15) is 55.4 Å². The molecule has 3 aromatic rings. The van der Waals surface area contributed by atoms with Gasteiger partial charge < -0.3 is 20.1 Å². The third-order valence-electron chi connectivity index (χ3n) is 6.93. The molecular weight excluding hydrogens is 468 g/mol. The van der Waals surface area contributed by atoms with Crippen molar-refractivity contribution in [2.45, 2.75) is 40.2 Å². The summed E-state index contributed by atoms with van der Waals surface area (Å²) < 4.78 is 7.19. The lowest BCUT2D eigenvalue weighted by atomic mass is 9.98. The summed E-state index contributed by atoms with van der Waals surface area (Å²) in [6.45, 7) is 14.9. The molecule has 4 rings (SSSR count). The molecule has 0 saturated carbocycles. The van der Waals surface area contributed by atoms with E-state index >= 15 is 0 Å². The van der Waals surface area contributed by atoms with E-state index in [0.717, 1.165) is 50.5 Å². The van der Waals surface area contributed by atoms with E-state index in [1.54, 1.807) is 17.7 Å². The molecule has 0 atom stereocenters. The van der Waals surface area contributed by atoms with E-state index in [2.05, 4.69) is 58.2 Å². The number of phenols is 1. The fourth-order valence-corrected chi connectivity index (χ4v) is 4.76. The van der Waals surface area contributed by atoms with Gasteiger partial charge in [0.25, 0.3) is 5.91 Å². The van der Waals surface area contributed by atoms with Gasteiger partial charge in [0.1, 0.15) is 11.5 Å². The highest BCUT2D eigenvalue weighted by molar-refractivity contribution is 5.92. The van der Waals surface area contributed by atoms with Crippen LogP contribution in [0.15, 0.2) is 36.4 Å². The van der Waals surface area contributed by atoms with Crippen molar-refractivity contribution in [3.8, 4) is 28.6 Å². The molecule has 1 aliphatic heterocycles. The average Bonchev–Trinajstić information content (AvgIpc) is 3.34. The molecule has 1 saturated heterocycles. The van der Waals surface area contributed by atoms with Crippen molar-refractivity contribution in [3.63, 3.8) is 0 Å². The lowest BCUT2D eigenvalue weighted by molar-refractivity contribution is 0.0943. The molecule has 37 heavy (non-hydrogen) atoms. The van der Waals surface area contributed by atoms with Gasteiger partial charge in [0.05, 0.1) is 12.7 Å². The van der Waals surface area contributed by atoms with Crippen molar-refractivity contribution in [2.75, 3.05) is 46.4 Å². The number of carbonyl (C=O) groups excluding carboxylic acids is 1. The van der Waals surface area contributed by atoms with Crippen LogP contribution < -0.4 is 10.1 Å². The Morgan fingerprint density at radius 3 is 2.32 bits per heavy atom. The number of carbonyl (C=O) groups is 1. The van der Waals surface area contributed by atoms with E-state index in [-0.39, 0.29) is 23.4 Å². The quantitative estimate of drug-likeness (QED) is 0.457. The third kappa shape index (κ3) is 5.78. The molecule has 0 bridgehead atoms. The van der Waals surface area contributed by atoms with E-state index < -0.39 is 0 Å². The van der Waals surface area contributed by atoms with Crippen LogP contribution in [0.4, 0.5) is 0 Å². The van der Waals surface area contributed by atoms with Gasteiger partial charge in [-0.15, -0.1) is 10.2 Å². The first kappa shape index (κ1) is 26.6. The van der Waals surface area contributed by atoms with Gasteiger partial charge in [-0.05, 0) is 48.7 Å². The van der Waals surface area contributed by atoms with Crippen LogP contribution in [0.5, 0.6) is 11.5 Å². The molecule has 1 aliphatic rings. The molecule has 1 aromatic heterocycles. The van der Waals surface area contributed by atoms with Crippen LogP contribution in [0.3, 0.4) is 0 Å². The second kappa shape index (κ2) is 11.7. The van der Waals surface area contributed by atoms with Gasteiger partial charge in [0.15, 0.2) is 5.82 Å². The molecule has 1 fully saturated rings. The highest BCUT2D eigenvalue weighted by Gasteiger charge is 2.24. The normalized spacial score (nSPS) is 14.8. The first-order valence-electron chi connectivity index (χ1n) is 13.0. The molecule has 0 spiro atoms. The molecule has 0 aliphatic carbocycles. The summed E-state index contributed by atoms with van der Waals surface area (Å²) in [6.07, 6.45) is 0. The van der Waals surface area contributed by atoms with E-state index in [0.29, 0.717) is 23.7 Å². The smallest absolute Gasteiger partial charge is 0.289 e. The Kier molecular flexibility index (Phi) is 8.45. The maximum Gasteiger partial charge on any atom is 0.289 e. The van der Waals surface area contributed by atoms with Crippen LogP contribution >= 0.6 is 0 Å². The fourth-order valence-electron chi connectivity index (χ4n) is 4.76. The number of benzene rings is 2. The van der Waals surface area contributed by atoms with Crippen LogP contribution in [0.25, 0.3) is 17.1 Å². The number of rotatable bonds is 9. The maximum absolute atomic E-state index is 12.9. The number of phenolic OH excluding ortho intramolecular Hbond substituents is 1. The minimum atomic E-state index is -0.323. The highest BCUT2D eigenvalue weighted by atomic mass is 16.5. The summed E-state index contributed by atoms with van der Waals surface area (Å²) in [6, 6.07) is 11.6. The Morgan fingerprint density at radius 1 is 1.05 bits per heavy atom. The number of aromatic nitrogens is 3. The van der Waals surface area contributed by atoms with Crippen molar-refractivity contribution in [1.29, 1.82) is 0 Å². The minimum Gasteiger partial charge on any atom is -0.507 e. The van der Waals surface area contributed by atoms with Gasteiger partial charge in [-0.3, -0.25) is 14.3 Å². The topological polar surface area (TPSA) is 95.8 Å². The van der Waals surface area contributed by atoms with Crippen molar-refractivity contribution in [2.24, 2.45) is 0 Å². The lowest BCUT2D eigenvalue weighted by Crippen LogP contribution is -2.45. The summed E-state index contributed by atoms with van der Waals surface area (Å²) in [4.78, 5) is 17.8. The zero-order valence-corrected chi connectivity index (χ0v) is 22.5. The number of nitrogens with zero attached hydrogens (tertiary/aromatic N) is 5. The number of piperazine rings is 1. The Bertz CT molecular complexity index is 1210. The van der Waals surface area contributed by atoms with E-state index in [9.17, 15) is 9.90 Å². The SMILES string of the molecule is CCNC(=O)c1nnc(-c2cc(C(C)C)c(OC)cc2O)n1-c1ccc(CN2CCN(CC)CC2)cc1. The molecule has 2 aromatic carbocycles. The Labute approximate surface area is 219 Å². The second-order valence-corrected chi connectivity index (χ2v) is 9.68. The fraction of sp³-hybridized carbons (Fsp3) is 0.464. The van der Waals surface area contributed by atoms with Gasteiger partial charge in [0.2, 0.25) is 5.82 Å². The van der Waals surface area contributed by atoms with Crippen LogP contribution in [0, 0.1) is 0 Å². The summed E-state index contributed by atoms with van der Waals surface area (Å²) in [5, 5.41) is 22.3. The first-order valence-corrected chi connectivity index (χ1v) is 13.0. The maximum atomic E-state index is 12.9. The van der Waals surface area contributed by atoms with Gasteiger partial charge in [0, 0.05) is 51.0 Å². The number of likely N-dealkylation sites (N-methyl/N-ethyl adjacent to an activating group) is 1. The second-order valence-electron chi connectivity index (χ2n) is 9.68. The van der Waals surface area contributed by atoms with Gasteiger partial charge >= 0.3 is 0 Å². The molecule has 2 heterocycles. The largest absolute Gasteiger partial charge is 0.507 e. The molecule has 9 heteroatoms. The Balaban J connectivity index is 1.71. The zero-order chi connectivity index (χ0) is 26.5. The minimum absolute atomic E-state index is 0.0141. The Morgan fingerprint density at radius 2 is 1.73 bits per heavy atom. The highest BCUT2D eigenvalue weighted by Crippen LogP contribution is 2.38. The predicted molar refractivity (Wildman–Crippen MR) is 144 cm³/mol. The Hall–Kier alpha value is -3.43. The number of aromatic hydroxyl groups is 1. The summed E-state index contributed by atoms with van der Waals surface area (Å²) in [5.41, 5.74) is 3.38. The molecule has 1 amide bonds. The number of ether oxygens (including phenoxy) is 1.